The summed E-state index contributed by atoms with van der Waals surface area (Å²) < 4.78 is 5.81. The lowest BCUT2D eigenvalue weighted by molar-refractivity contribution is -0.151. The first-order valence-corrected chi connectivity index (χ1v) is 13.5. The third-order valence-electron chi connectivity index (χ3n) is 6.94. The Kier molecular flexibility index (Phi) is 11.3. The monoisotopic (exact) mass is 530 g/mol. The summed E-state index contributed by atoms with van der Waals surface area (Å²) in [6.07, 6.45) is 7.47. The number of hydrogen-bond acceptors (Lipinski definition) is 5. The van der Waals surface area contributed by atoms with Gasteiger partial charge in [-0.3, -0.25) is 14.6 Å². The fraction of sp³-hybridized carbons (Fsp3) is 0.344. The van der Waals surface area contributed by atoms with Crippen molar-refractivity contribution in [2.75, 3.05) is 11.9 Å². The maximum atomic E-state index is 12.6. The van der Waals surface area contributed by atoms with Crippen molar-refractivity contribution in [3.05, 3.63) is 89.2 Å². The Morgan fingerprint density at radius 3 is 2.44 bits per heavy atom. The van der Waals surface area contributed by atoms with Crippen LogP contribution in [0.2, 0.25) is 0 Å². The number of hydrogen-bond donors (Lipinski definition) is 3. The number of amides is 1. The molecule has 0 saturated heterocycles. The molecular weight excluding hydrogens is 492 g/mol. The minimum Gasteiger partial charge on any atom is -0.508 e. The number of pyridine rings is 1. The zero-order valence-electron chi connectivity index (χ0n) is 22.7. The van der Waals surface area contributed by atoms with Crippen LogP contribution in [-0.2, 0) is 27.4 Å². The molecule has 3 aromatic rings. The highest BCUT2D eigenvalue weighted by Gasteiger charge is 2.37. The minimum atomic E-state index is -1.05. The number of carboxylic acids is 1. The quantitative estimate of drug-likeness (QED) is 0.188. The summed E-state index contributed by atoms with van der Waals surface area (Å²) in [6.45, 7) is 4.69. The zero-order valence-corrected chi connectivity index (χ0v) is 22.7. The van der Waals surface area contributed by atoms with E-state index in [1.165, 1.54) is 5.56 Å². The molecule has 7 nitrogen and oxygen atoms in total. The van der Waals surface area contributed by atoms with E-state index in [0.717, 1.165) is 36.2 Å². The minimum absolute atomic E-state index is 0.0629. The van der Waals surface area contributed by atoms with Crippen molar-refractivity contribution in [1.29, 1.82) is 0 Å². The second-order valence-corrected chi connectivity index (χ2v) is 9.71. The van der Waals surface area contributed by atoms with Crippen LogP contribution < -0.4 is 5.32 Å². The van der Waals surface area contributed by atoms with Gasteiger partial charge in [0.1, 0.15) is 5.75 Å². The number of phenols is 1. The van der Waals surface area contributed by atoms with Gasteiger partial charge in [-0.25, -0.2) is 0 Å². The second kappa shape index (κ2) is 14.8. The summed E-state index contributed by atoms with van der Waals surface area (Å²) in [7, 11) is 0. The smallest absolute Gasteiger partial charge is 0.310 e. The number of carboxylic acid groups (broad SMARTS) is 1. The van der Waals surface area contributed by atoms with Gasteiger partial charge in [0.05, 0.1) is 23.4 Å². The number of phenolic OH excluding ortho intramolecular Hbond substituents is 1. The van der Waals surface area contributed by atoms with E-state index in [1.807, 2.05) is 60.7 Å². The van der Waals surface area contributed by atoms with E-state index in [1.54, 1.807) is 32.0 Å². The van der Waals surface area contributed by atoms with Crippen LogP contribution in [0, 0.1) is 5.41 Å². The van der Waals surface area contributed by atoms with Crippen molar-refractivity contribution < 1.29 is 24.5 Å². The molecule has 1 amide bonds. The number of rotatable bonds is 15. The topological polar surface area (TPSA) is 109 Å². The first-order chi connectivity index (χ1) is 18.8. The number of anilines is 1. The molecule has 0 unspecified atom stereocenters. The van der Waals surface area contributed by atoms with Gasteiger partial charge in [-0.15, -0.1) is 0 Å². The Hall–Kier alpha value is -3.97. The lowest BCUT2D eigenvalue weighted by Gasteiger charge is -2.25. The number of carbonyl (C=O) groups excluding carboxylic acids is 1. The van der Waals surface area contributed by atoms with E-state index in [9.17, 15) is 19.8 Å². The molecule has 0 atom stereocenters. The number of aliphatic carboxylic acids is 1. The average molecular weight is 531 g/mol. The predicted octanol–water partition coefficient (Wildman–Crippen LogP) is 6.72. The first kappa shape index (κ1) is 29.6. The lowest BCUT2D eigenvalue weighted by atomic mass is 9.79. The Labute approximate surface area is 230 Å². The van der Waals surface area contributed by atoms with Crippen LogP contribution >= 0.6 is 0 Å². The van der Waals surface area contributed by atoms with E-state index < -0.39 is 11.4 Å². The summed E-state index contributed by atoms with van der Waals surface area (Å²) >= 11 is 0. The van der Waals surface area contributed by atoms with Crippen molar-refractivity contribution in [1.82, 2.24) is 4.98 Å². The summed E-state index contributed by atoms with van der Waals surface area (Å²) in [4.78, 5) is 28.9. The summed E-state index contributed by atoms with van der Waals surface area (Å²) in [5, 5.41) is 21.8. The number of ether oxygens (including phenoxy) is 1. The normalized spacial score (nSPS) is 11.5. The van der Waals surface area contributed by atoms with Gasteiger partial charge in [-0.1, -0.05) is 50.3 Å². The van der Waals surface area contributed by atoms with Gasteiger partial charge in [-0.2, -0.15) is 0 Å². The molecule has 0 fully saturated rings. The Morgan fingerprint density at radius 2 is 1.72 bits per heavy atom. The van der Waals surface area contributed by atoms with Gasteiger partial charge >= 0.3 is 5.97 Å². The number of aromatic hydroxyl groups is 1. The Morgan fingerprint density at radius 1 is 0.974 bits per heavy atom. The molecule has 3 N–H and O–H groups in total. The molecule has 1 heterocycles. The Bertz CT molecular complexity index is 1250. The fourth-order valence-electron chi connectivity index (χ4n) is 4.34. The van der Waals surface area contributed by atoms with Gasteiger partial charge in [-0.05, 0) is 85.7 Å². The molecule has 0 radical (unpaired) electrons. The van der Waals surface area contributed by atoms with Crippen LogP contribution in [0.5, 0.6) is 5.75 Å². The summed E-state index contributed by atoms with van der Waals surface area (Å²) in [6, 6.07) is 20.5. The number of aromatic nitrogens is 1. The average Bonchev–Trinajstić information content (AvgIpc) is 2.94. The molecule has 2 aromatic carbocycles. The van der Waals surface area contributed by atoms with Crippen LogP contribution in [0.3, 0.4) is 0 Å². The molecule has 0 spiro atoms. The van der Waals surface area contributed by atoms with Gasteiger partial charge in [0.25, 0.3) is 0 Å². The molecule has 0 bridgehead atoms. The predicted molar refractivity (Wildman–Crippen MR) is 154 cm³/mol. The van der Waals surface area contributed by atoms with Gasteiger partial charge in [0.2, 0.25) is 5.91 Å². The third-order valence-corrected chi connectivity index (χ3v) is 6.94. The molecule has 0 aliphatic rings. The maximum absolute atomic E-state index is 12.6. The van der Waals surface area contributed by atoms with Gasteiger partial charge in [0.15, 0.2) is 0 Å². The van der Waals surface area contributed by atoms with E-state index >= 15 is 0 Å². The molecule has 206 valence electrons. The number of aryl methyl sites for hydroxylation is 1. The van der Waals surface area contributed by atoms with Gasteiger partial charge in [0, 0.05) is 18.7 Å². The largest absolute Gasteiger partial charge is 0.508 e. The van der Waals surface area contributed by atoms with Crippen LogP contribution in [0.4, 0.5) is 5.69 Å². The zero-order chi connectivity index (χ0) is 28.1. The SMILES string of the molecule is CCC(CC)(CC(=O)Nc1cccc(/C=C/c2cccc(COCCCCc3ccc(O)cc3)n2)c1)C(=O)O. The van der Waals surface area contributed by atoms with Crippen molar-refractivity contribution >= 4 is 29.7 Å². The summed E-state index contributed by atoms with van der Waals surface area (Å²) in [5.41, 5.74) is 3.32. The highest BCUT2D eigenvalue weighted by atomic mass is 16.5. The molecule has 1 aromatic heterocycles. The molecule has 39 heavy (non-hydrogen) atoms. The second-order valence-electron chi connectivity index (χ2n) is 9.71. The molecule has 0 aliphatic carbocycles. The molecule has 7 heteroatoms. The lowest BCUT2D eigenvalue weighted by Crippen LogP contribution is -2.34. The van der Waals surface area contributed by atoms with Gasteiger partial charge < -0.3 is 20.3 Å². The number of benzene rings is 2. The van der Waals surface area contributed by atoms with Crippen LogP contribution in [0.25, 0.3) is 12.2 Å². The van der Waals surface area contributed by atoms with Crippen molar-refractivity contribution in [3.63, 3.8) is 0 Å². The number of unbranched alkanes of at least 4 members (excludes halogenated alkanes) is 1. The van der Waals surface area contributed by atoms with Crippen molar-refractivity contribution in [3.8, 4) is 5.75 Å². The molecular formula is C32H38N2O5. The maximum Gasteiger partial charge on any atom is 0.310 e. The molecule has 0 saturated carbocycles. The summed E-state index contributed by atoms with van der Waals surface area (Å²) in [5.74, 6) is -0.962. The van der Waals surface area contributed by atoms with Crippen LogP contribution in [0.15, 0.2) is 66.7 Å². The van der Waals surface area contributed by atoms with E-state index in [-0.39, 0.29) is 18.1 Å². The third kappa shape index (κ3) is 9.37. The number of nitrogens with one attached hydrogen (secondary N) is 1. The Balaban J connectivity index is 1.48. The molecule has 0 aliphatic heterocycles. The number of carbonyl (C=O) groups is 2. The standard InChI is InChI=1S/C32H38N2O5/c1-3-32(4-2,31(37)38)22-30(36)34-27-12-7-10-25(21-27)14-17-26-11-8-13-28(33-26)23-39-20-6-5-9-24-15-18-29(35)19-16-24/h7-8,10-19,21,35H,3-6,9,20,22-23H2,1-2H3,(H,34,36)(H,37,38)/b17-14+. The fourth-order valence-corrected chi connectivity index (χ4v) is 4.34. The van der Waals surface area contributed by atoms with E-state index in [4.69, 9.17) is 4.74 Å². The van der Waals surface area contributed by atoms with Crippen LogP contribution in [0.1, 0.15) is 68.5 Å². The van der Waals surface area contributed by atoms with E-state index in [2.05, 4.69) is 10.3 Å². The van der Waals surface area contributed by atoms with Crippen molar-refractivity contribution in [2.45, 2.75) is 59.0 Å². The van der Waals surface area contributed by atoms with Crippen LogP contribution in [-0.4, -0.2) is 33.7 Å². The van der Waals surface area contributed by atoms with E-state index in [0.29, 0.717) is 31.7 Å². The highest BCUT2D eigenvalue weighted by Crippen LogP contribution is 2.31. The van der Waals surface area contributed by atoms with Crippen molar-refractivity contribution in [2.24, 2.45) is 5.41 Å². The number of nitrogens with zero attached hydrogens (tertiary/aromatic N) is 1. The highest BCUT2D eigenvalue weighted by molar-refractivity contribution is 5.94. The molecule has 3 rings (SSSR count). The first-order valence-electron chi connectivity index (χ1n) is 13.5.